The SMILES string of the molecule is COc1ccc(F)cc1C(C)(C)CC(O)(Cc1cc(Cl)nc(Cl)c1C#N)C(F)(F)F. The molecule has 4 nitrogen and oxygen atoms in total. The van der Waals surface area contributed by atoms with E-state index in [0.717, 1.165) is 18.2 Å². The highest BCUT2D eigenvalue weighted by Crippen LogP contribution is 2.45. The molecule has 1 unspecified atom stereocenters. The lowest BCUT2D eigenvalue weighted by Crippen LogP contribution is -2.51. The molecule has 2 aromatic rings. The van der Waals surface area contributed by atoms with Crippen LogP contribution in [0.4, 0.5) is 17.6 Å². The number of benzene rings is 1. The van der Waals surface area contributed by atoms with Gasteiger partial charge in [0.1, 0.15) is 27.9 Å². The Morgan fingerprint density at radius 1 is 1.20 bits per heavy atom. The van der Waals surface area contributed by atoms with E-state index in [1.807, 2.05) is 0 Å². The van der Waals surface area contributed by atoms with Crippen molar-refractivity contribution in [3.63, 3.8) is 0 Å². The fourth-order valence-corrected chi connectivity index (χ4v) is 3.92. The van der Waals surface area contributed by atoms with E-state index < -0.39 is 35.9 Å². The summed E-state index contributed by atoms with van der Waals surface area (Å²) >= 11 is 11.6. The summed E-state index contributed by atoms with van der Waals surface area (Å²) in [5, 5.41) is 19.4. The van der Waals surface area contributed by atoms with Crippen molar-refractivity contribution in [3.8, 4) is 11.8 Å². The molecule has 2 rings (SSSR count). The zero-order chi connectivity index (χ0) is 22.9. The monoisotopic (exact) mass is 464 g/mol. The minimum absolute atomic E-state index is 0.152. The molecule has 0 radical (unpaired) electrons. The molecular formula is C20H18Cl2F4N2O2. The van der Waals surface area contributed by atoms with Crippen molar-refractivity contribution >= 4 is 23.2 Å². The van der Waals surface area contributed by atoms with Crippen LogP contribution in [0, 0.1) is 17.1 Å². The second kappa shape index (κ2) is 8.58. The normalized spacial score (nSPS) is 14.2. The van der Waals surface area contributed by atoms with Gasteiger partial charge in [0.2, 0.25) is 0 Å². The van der Waals surface area contributed by atoms with Crippen LogP contribution in [0.2, 0.25) is 10.3 Å². The summed E-state index contributed by atoms with van der Waals surface area (Å²) in [4.78, 5) is 3.64. The Kier molecular flexibility index (Phi) is 6.92. The molecule has 10 heteroatoms. The number of ether oxygens (including phenoxy) is 1. The molecule has 0 saturated carbocycles. The molecule has 1 atom stereocenters. The number of pyridine rings is 1. The van der Waals surface area contributed by atoms with Crippen LogP contribution in [0.3, 0.4) is 0 Å². The molecule has 0 aliphatic rings. The number of aromatic nitrogens is 1. The highest BCUT2D eigenvalue weighted by molar-refractivity contribution is 6.33. The Labute approximate surface area is 181 Å². The van der Waals surface area contributed by atoms with Crippen LogP contribution in [0.1, 0.15) is 37.0 Å². The maximum absolute atomic E-state index is 14.0. The van der Waals surface area contributed by atoms with Crippen molar-refractivity contribution in [1.29, 1.82) is 5.26 Å². The number of rotatable bonds is 6. The van der Waals surface area contributed by atoms with Gasteiger partial charge in [-0.25, -0.2) is 9.37 Å². The molecule has 0 spiro atoms. The first-order valence-corrected chi connectivity index (χ1v) is 9.38. The molecule has 30 heavy (non-hydrogen) atoms. The molecule has 1 N–H and O–H groups in total. The highest BCUT2D eigenvalue weighted by Gasteiger charge is 2.56. The summed E-state index contributed by atoms with van der Waals surface area (Å²) in [7, 11) is 1.31. The number of nitrogens with zero attached hydrogens (tertiary/aromatic N) is 2. The minimum Gasteiger partial charge on any atom is -0.496 e. The van der Waals surface area contributed by atoms with E-state index in [1.54, 1.807) is 6.07 Å². The molecule has 0 amide bonds. The van der Waals surface area contributed by atoms with Gasteiger partial charge in [0, 0.05) is 12.0 Å². The molecular weight excluding hydrogens is 447 g/mol. The quantitative estimate of drug-likeness (QED) is 0.445. The molecule has 0 aliphatic heterocycles. The molecule has 0 fully saturated rings. The second-order valence-electron chi connectivity index (χ2n) is 7.49. The lowest BCUT2D eigenvalue weighted by Gasteiger charge is -2.38. The van der Waals surface area contributed by atoms with Crippen LogP contribution in [0.15, 0.2) is 24.3 Å². The Morgan fingerprint density at radius 3 is 2.37 bits per heavy atom. The van der Waals surface area contributed by atoms with Gasteiger partial charge in [0.15, 0.2) is 5.60 Å². The number of methoxy groups -OCH3 is 1. The number of aliphatic hydroxyl groups is 1. The number of hydrogen-bond donors (Lipinski definition) is 1. The summed E-state index contributed by atoms with van der Waals surface area (Å²) in [6.45, 7) is 2.86. The highest BCUT2D eigenvalue weighted by atomic mass is 35.5. The third-order valence-electron chi connectivity index (χ3n) is 4.77. The number of halogens is 6. The van der Waals surface area contributed by atoms with Gasteiger partial charge < -0.3 is 9.84 Å². The fraction of sp³-hybridized carbons (Fsp3) is 0.400. The first-order chi connectivity index (χ1) is 13.7. The summed E-state index contributed by atoms with van der Waals surface area (Å²) < 4.78 is 61.0. The topological polar surface area (TPSA) is 66.1 Å². The molecule has 162 valence electrons. The van der Waals surface area contributed by atoms with E-state index in [9.17, 15) is 27.9 Å². The average molecular weight is 465 g/mol. The second-order valence-corrected chi connectivity index (χ2v) is 8.24. The summed E-state index contributed by atoms with van der Waals surface area (Å²) in [6.07, 6.45) is -6.94. The molecule has 0 aliphatic carbocycles. The van der Waals surface area contributed by atoms with Crippen LogP contribution in [0.5, 0.6) is 5.75 Å². The Morgan fingerprint density at radius 2 is 1.83 bits per heavy atom. The van der Waals surface area contributed by atoms with Crippen molar-refractivity contribution in [2.24, 2.45) is 0 Å². The van der Waals surface area contributed by atoms with Gasteiger partial charge in [0.05, 0.1) is 12.7 Å². The van der Waals surface area contributed by atoms with Crippen molar-refractivity contribution in [1.82, 2.24) is 4.98 Å². The van der Waals surface area contributed by atoms with Crippen LogP contribution in [-0.2, 0) is 11.8 Å². The van der Waals surface area contributed by atoms with Crippen LogP contribution in [0.25, 0.3) is 0 Å². The predicted octanol–water partition coefficient (Wildman–Crippen LogP) is 5.61. The van der Waals surface area contributed by atoms with Crippen molar-refractivity contribution in [2.45, 2.75) is 43.9 Å². The van der Waals surface area contributed by atoms with Gasteiger partial charge >= 0.3 is 6.18 Å². The maximum atomic E-state index is 14.0. The zero-order valence-electron chi connectivity index (χ0n) is 16.2. The number of hydrogen-bond acceptors (Lipinski definition) is 4. The first kappa shape index (κ1) is 24.2. The maximum Gasteiger partial charge on any atom is 0.417 e. The van der Waals surface area contributed by atoms with E-state index in [4.69, 9.17) is 27.9 Å². The van der Waals surface area contributed by atoms with Crippen LogP contribution < -0.4 is 4.74 Å². The van der Waals surface area contributed by atoms with Gasteiger partial charge in [-0.15, -0.1) is 0 Å². The largest absolute Gasteiger partial charge is 0.496 e. The lowest BCUT2D eigenvalue weighted by molar-refractivity contribution is -0.266. The predicted molar refractivity (Wildman–Crippen MR) is 104 cm³/mol. The van der Waals surface area contributed by atoms with Crippen molar-refractivity contribution < 1.29 is 27.4 Å². The third-order valence-corrected chi connectivity index (χ3v) is 5.24. The minimum atomic E-state index is -5.08. The number of alkyl halides is 3. The number of nitriles is 1. The smallest absolute Gasteiger partial charge is 0.417 e. The van der Waals surface area contributed by atoms with Gasteiger partial charge in [0.25, 0.3) is 0 Å². The van der Waals surface area contributed by atoms with E-state index in [-0.39, 0.29) is 32.7 Å². The Hall–Kier alpha value is -2.08. The third kappa shape index (κ3) is 4.97. The fourth-order valence-electron chi connectivity index (χ4n) is 3.40. The van der Waals surface area contributed by atoms with Crippen molar-refractivity contribution in [2.75, 3.05) is 7.11 Å². The standard InChI is InChI=1S/C20H18Cl2F4N2O2/c1-18(2,14-7-12(23)4-5-15(14)30-3)10-19(29,20(24,25)26)8-11-6-16(21)28-17(22)13(11)9-27/h4-7,29H,8,10H2,1-3H3. The van der Waals surface area contributed by atoms with E-state index in [1.165, 1.54) is 27.0 Å². The van der Waals surface area contributed by atoms with Gasteiger partial charge in [-0.3, -0.25) is 0 Å². The zero-order valence-corrected chi connectivity index (χ0v) is 17.8. The Balaban J connectivity index is 2.57. The summed E-state index contributed by atoms with van der Waals surface area (Å²) in [6, 6.07) is 6.22. The molecule has 1 heterocycles. The van der Waals surface area contributed by atoms with Gasteiger partial charge in [-0.1, -0.05) is 37.0 Å². The van der Waals surface area contributed by atoms with Gasteiger partial charge in [-0.05, 0) is 41.7 Å². The molecule has 1 aromatic heterocycles. The molecule has 1 aromatic carbocycles. The molecule has 0 bridgehead atoms. The molecule has 0 saturated heterocycles. The lowest BCUT2D eigenvalue weighted by atomic mass is 9.72. The van der Waals surface area contributed by atoms with Gasteiger partial charge in [-0.2, -0.15) is 18.4 Å². The summed E-state index contributed by atoms with van der Waals surface area (Å²) in [5.74, 6) is -0.479. The van der Waals surface area contributed by atoms with Crippen LogP contribution >= 0.6 is 23.2 Å². The van der Waals surface area contributed by atoms with E-state index >= 15 is 0 Å². The Bertz CT molecular complexity index is 990. The van der Waals surface area contributed by atoms with E-state index in [2.05, 4.69) is 4.98 Å². The van der Waals surface area contributed by atoms with E-state index in [0.29, 0.717) is 0 Å². The average Bonchev–Trinajstić information content (AvgIpc) is 2.60. The van der Waals surface area contributed by atoms with Crippen molar-refractivity contribution in [3.05, 3.63) is 57.1 Å². The first-order valence-electron chi connectivity index (χ1n) is 8.62. The summed E-state index contributed by atoms with van der Waals surface area (Å²) in [5.41, 5.74) is -5.02. The van der Waals surface area contributed by atoms with Crippen LogP contribution in [-0.4, -0.2) is 29.0 Å².